The highest BCUT2D eigenvalue weighted by atomic mass is 19.1. The van der Waals surface area contributed by atoms with Crippen molar-refractivity contribution in [3.63, 3.8) is 0 Å². The van der Waals surface area contributed by atoms with Crippen LogP contribution in [0.4, 0.5) is 19.3 Å². The first kappa shape index (κ1) is 19.6. The Labute approximate surface area is 171 Å². The maximum Gasteiger partial charge on any atom is 0.325 e. The average molecular weight is 412 g/mol. The number of nitrogens with one attached hydrogen (secondary N) is 2. The summed E-state index contributed by atoms with van der Waals surface area (Å²) in [6.07, 6.45) is 1.42. The van der Waals surface area contributed by atoms with Gasteiger partial charge in [0.2, 0.25) is 0 Å². The molecule has 2 heterocycles. The van der Waals surface area contributed by atoms with Gasteiger partial charge in [0.05, 0.1) is 23.8 Å². The van der Waals surface area contributed by atoms with E-state index in [4.69, 9.17) is 0 Å². The summed E-state index contributed by atoms with van der Waals surface area (Å²) in [4.78, 5) is 40.9. The molecular formula is C21H18F2N4O3. The van der Waals surface area contributed by atoms with Crippen LogP contribution in [-0.4, -0.2) is 46.8 Å². The van der Waals surface area contributed by atoms with E-state index in [2.05, 4.69) is 10.6 Å². The molecular weight excluding hydrogens is 394 g/mol. The van der Waals surface area contributed by atoms with E-state index < -0.39 is 41.6 Å². The van der Waals surface area contributed by atoms with Crippen molar-refractivity contribution in [3.05, 3.63) is 77.5 Å². The predicted molar refractivity (Wildman–Crippen MR) is 104 cm³/mol. The van der Waals surface area contributed by atoms with Crippen LogP contribution in [0.5, 0.6) is 0 Å². The number of hydrogen-bond donors (Lipinski definition) is 2. The molecule has 30 heavy (non-hydrogen) atoms. The standard InChI is InChI=1S/C21H18F2N4O3/c1-26-11-14(19(28)24-16-9-13(22)7-8-15(16)23)17-18(26)20(29)27(21(30)25-17)10-12-5-3-2-4-6-12/h2-9,11,17-18H,10H2,1H3,(H,24,28)(H,25,30). The van der Waals surface area contributed by atoms with Crippen molar-refractivity contribution in [3.8, 4) is 0 Å². The fourth-order valence-electron chi connectivity index (χ4n) is 3.63. The molecule has 2 aromatic rings. The highest BCUT2D eigenvalue weighted by Crippen LogP contribution is 2.28. The molecule has 4 amide bonds. The number of amides is 4. The highest BCUT2D eigenvalue weighted by Gasteiger charge is 2.49. The molecule has 2 N–H and O–H groups in total. The van der Waals surface area contributed by atoms with Crippen molar-refractivity contribution in [1.29, 1.82) is 0 Å². The van der Waals surface area contributed by atoms with Crippen LogP contribution in [0.2, 0.25) is 0 Å². The molecule has 2 unspecified atom stereocenters. The average Bonchev–Trinajstić information content (AvgIpc) is 3.05. The van der Waals surface area contributed by atoms with Crippen molar-refractivity contribution in [2.75, 3.05) is 12.4 Å². The van der Waals surface area contributed by atoms with Crippen molar-refractivity contribution in [2.45, 2.75) is 18.6 Å². The van der Waals surface area contributed by atoms with Crippen molar-refractivity contribution >= 4 is 23.5 Å². The summed E-state index contributed by atoms with van der Waals surface area (Å²) >= 11 is 0. The number of fused-ring (bicyclic) bond motifs is 1. The van der Waals surface area contributed by atoms with Crippen LogP contribution in [-0.2, 0) is 16.1 Å². The first-order valence-corrected chi connectivity index (χ1v) is 9.21. The second-order valence-electron chi connectivity index (χ2n) is 7.11. The molecule has 0 aromatic heterocycles. The number of halogens is 2. The zero-order valence-electron chi connectivity index (χ0n) is 15.9. The second kappa shape index (κ2) is 7.58. The van der Waals surface area contributed by atoms with E-state index in [1.54, 1.807) is 19.2 Å². The Hall–Kier alpha value is -3.75. The molecule has 0 spiro atoms. The van der Waals surface area contributed by atoms with Gasteiger partial charge in [-0.2, -0.15) is 0 Å². The lowest BCUT2D eigenvalue weighted by atomic mass is 9.99. The van der Waals surface area contributed by atoms with E-state index in [1.165, 1.54) is 11.1 Å². The van der Waals surface area contributed by atoms with Crippen LogP contribution < -0.4 is 10.6 Å². The number of rotatable bonds is 4. The van der Waals surface area contributed by atoms with E-state index >= 15 is 0 Å². The summed E-state index contributed by atoms with van der Waals surface area (Å²) in [5.41, 5.74) is 0.533. The van der Waals surface area contributed by atoms with Gasteiger partial charge >= 0.3 is 6.03 Å². The number of nitrogens with zero attached hydrogens (tertiary/aromatic N) is 2. The zero-order valence-corrected chi connectivity index (χ0v) is 15.9. The summed E-state index contributed by atoms with van der Waals surface area (Å²) < 4.78 is 27.2. The molecule has 154 valence electrons. The fraction of sp³-hybridized carbons (Fsp3) is 0.190. The smallest absolute Gasteiger partial charge is 0.325 e. The predicted octanol–water partition coefficient (Wildman–Crippen LogP) is 2.22. The maximum absolute atomic E-state index is 13.9. The molecule has 9 heteroatoms. The largest absolute Gasteiger partial charge is 0.366 e. The van der Waals surface area contributed by atoms with E-state index in [1.807, 2.05) is 18.2 Å². The lowest BCUT2D eigenvalue weighted by molar-refractivity contribution is -0.134. The highest BCUT2D eigenvalue weighted by molar-refractivity contribution is 6.09. The number of likely N-dealkylation sites (N-methyl/N-ethyl adjacent to an activating group) is 1. The third-order valence-corrected chi connectivity index (χ3v) is 5.10. The van der Waals surface area contributed by atoms with Crippen LogP contribution in [0, 0.1) is 11.6 Å². The van der Waals surface area contributed by atoms with Gasteiger partial charge in [-0.3, -0.25) is 14.5 Å². The van der Waals surface area contributed by atoms with Crippen LogP contribution in [0.1, 0.15) is 5.56 Å². The Morgan fingerprint density at radius 2 is 1.87 bits per heavy atom. The fourth-order valence-corrected chi connectivity index (χ4v) is 3.63. The van der Waals surface area contributed by atoms with E-state index in [0.29, 0.717) is 0 Å². The number of anilines is 1. The lowest BCUT2D eigenvalue weighted by Crippen LogP contribution is -2.64. The Bertz CT molecular complexity index is 1060. The minimum absolute atomic E-state index is 0.0761. The molecule has 7 nitrogen and oxygen atoms in total. The number of benzene rings is 2. The Balaban J connectivity index is 1.53. The number of carbonyl (C=O) groups excluding carboxylic acids is 3. The maximum atomic E-state index is 13.9. The van der Waals surface area contributed by atoms with Crippen molar-refractivity contribution in [1.82, 2.24) is 15.1 Å². The molecule has 0 radical (unpaired) electrons. The zero-order chi connectivity index (χ0) is 21.4. The van der Waals surface area contributed by atoms with Gasteiger partial charge in [-0.15, -0.1) is 0 Å². The monoisotopic (exact) mass is 412 g/mol. The Morgan fingerprint density at radius 1 is 1.13 bits per heavy atom. The summed E-state index contributed by atoms with van der Waals surface area (Å²) in [6.45, 7) is 0.0958. The SMILES string of the molecule is CN1C=C(C(=O)Nc2cc(F)ccc2F)C2NC(=O)N(Cc3ccccc3)C(=O)C21. The summed E-state index contributed by atoms with van der Waals surface area (Å²) in [5, 5.41) is 4.98. The molecule has 2 atom stereocenters. The number of urea groups is 1. The quantitative estimate of drug-likeness (QED) is 0.807. The van der Waals surface area contributed by atoms with Gasteiger partial charge in [-0.05, 0) is 17.7 Å². The van der Waals surface area contributed by atoms with E-state index in [-0.39, 0.29) is 17.8 Å². The van der Waals surface area contributed by atoms with Crippen molar-refractivity contribution in [2.24, 2.45) is 0 Å². The van der Waals surface area contributed by atoms with Gasteiger partial charge in [-0.1, -0.05) is 30.3 Å². The van der Waals surface area contributed by atoms with Crippen LogP contribution in [0.3, 0.4) is 0 Å². The third kappa shape index (κ3) is 3.49. The third-order valence-electron chi connectivity index (χ3n) is 5.10. The lowest BCUT2D eigenvalue weighted by Gasteiger charge is -2.37. The molecule has 4 rings (SSSR count). The topological polar surface area (TPSA) is 81.8 Å². The molecule has 2 aliphatic rings. The molecule has 0 saturated carbocycles. The first-order chi connectivity index (χ1) is 14.3. The first-order valence-electron chi connectivity index (χ1n) is 9.21. The number of hydrogen-bond acceptors (Lipinski definition) is 4. The van der Waals surface area contributed by atoms with Crippen LogP contribution >= 0.6 is 0 Å². The molecule has 2 aliphatic heterocycles. The molecule has 0 bridgehead atoms. The van der Waals surface area contributed by atoms with Gasteiger partial charge in [-0.25, -0.2) is 13.6 Å². The second-order valence-corrected chi connectivity index (χ2v) is 7.11. The Kier molecular flexibility index (Phi) is 4.94. The molecule has 1 fully saturated rings. The summed E-state index contributed by atoms with van der Waals surface area (Å²) in [7, 11) is 1.61. The normalized spacial score (nSPS) is 20.6. The van der Waals surface area contributed by atoms with Crippen LogP contribution in [0.15, 0.2) is 60.3 Å². The van der Waals surface area contributed by atoms with Gasteiger partial charge in [0.1, 0.15) is 17.7 Å². The van der Waals surface area contributed by atoms with E-state index in [9.17, 15) is 23.2 Å². The van der Waals surface area contributed by atoms with Gasteiger partial charge in [0, 0.05) is 19.3 Å². The number of imide groups is 1. The van der Waals surface area contributed by atoms with E-state index in [0.717, 1.165) is 28.7 Å². The molecule has 2 aromatic carbocycles. The van der Waals surface area contributed by atoms with Gasteiger partial charge in [0.15, 0.2) is 0 Å². The van der Waals surface area contributed by atoms with Crippen molar-refractivity contribution < 1.29 is 23.2 Å². The Morgan fingerprint density at radius 3 is 2.60 bits per heavy atom. The molecule has 0 aliphatic carbocycles. The van der Waals surface area contributed by atoms with Crippen LogP contribution in [0.25, 0.3) is 0 Å². The van der Waals surface area contributed by atoms with Gasteiger partial charge < -0.3 is 15.5 Å². The summed E-state index contributed by atoms with van der Waals surface area (Å²) in [5.74, 6) is -2.69. The number of carbonyl (C=O) groups is 3. The molecule has 1 saturated heterocycles. The minimum Gasteiger partial charge on any atom is -0.366 e. The minimum atomic E-state index is -0.904. The summed E-state index contributed by atoms with van der Waals surface area (Å²) in [6, 6.07) is 9.39. The van der Waals surface area contributed by atoms with Gasteiger partial charge in [0.25, 0.3) is 11.8 Å².